The highest BCUT2D eigenvalue weighted by molar-refractivity contribution is 6.06. The molecule has 8 heteroatoms. The number of urea groups is 1. The first-order chi connectivity index (χ1) is 9.40. The Morgan fingerprint density at radius 2 is 1.85 bits per heavy atom. The lowest BCUT2D eigenvalue weighted by atomic mass is 9.97. The van der Waals surface area contributed by atoms with Gasteiger partial charge in [-0.15, -0.1) is 0 Å². The summed E-state index contributed by atoms with van der Waals surface area (Å²) in [7, 11) is 1.38. The SMILES string of the molecule is CN1C(=O)CC(NC(=O)N2CCC(C(=O)O)CC2)C1=O. The predicted octanol–water partition coefficient (Wildman–Crippen LogP) is -0.750. The number of carboxylic acid groups (broad SMARTS) is 1. The Bertz CT molecular complexity index is 456. The summed E-state index contributed by atoms with van der Waals surface area (Å²) in [6.07, 6.45) is 0.785. The van der Waals surface area contributed by atoms with Gasteiger partial charge in [-0.2, -0.15) is 0 Å². The molecule has 0 saturated carbocycles. The summed E-state index contributed by atoms with van der Waals surface area (Å²) in [6.45, 7) is 0.682. The third-order valence-electron chi connectivity index (χ3n) is 3.81. The van der Waals surface area contributed by atoms with Crippen molar-refractivity contribution in [3.63, 3.8) is 0 Å². The summed E-state index contributed by atoms with van der Waals surface area (Å²) in [4.78, 5) is 48.3. The molecule has 8 nitrogen and oxygen atoms in total. The number of aliphatic carboxylic acids is 1. The Morgan fingerprint density at radius 1 is 1.25 bits per heavy atom. The van der Waals surface area contributed by atoms with Crippen LogP contribution >= 0.6 is 0 Å². The van der Waals surface area contributed by atoms with Gasteiger partial charge in [0.25, 0.3) is 5.91 Å². The Hall–Kier alpha value is -2.12. The zero-order chi connectivity index (χ0) is 14.9. The summed E-state index contributed by atoms with van der Waals surface area (Å²) >= 11 is 0. The molecule has 1 atom stereocenters. The Labute approximate surface area is 115 Å². The van der Waals surface area contributed by atoms with Crippen LogP contribution < -0.4 is 5.32 Å². The second-order valence-corrected chi connectivity index (χ2v) is 5.10. The first kappa shape index (κ1) is 14.3. The number of imide groups is 1. The minimum absolute atomic E-state index is 0.0212. The van der Waals surface area contributed by atoms with Crippen LogP contribution in [0.15, 0.2) is 0 Å². The third-order valence-corrected chi connectivity index (χ3v) is 3.81. The van der Waals surface area contributed by atoms with Crippen molar-refractivity contribution in [1.82, 2.24) is 15.1 Å². The van der Waals surface area contributed by atoms with Gasteiger partial charge < -0.3 is 15.3 Å². The molecule has 4 amide bonds. The summed E-state index contributed by atoms with van der Waals surface area (Å²) in [6, 6.07) is -1.23. The average Bonchev–Trinajstić information content (AvgIpc) is 2.66. The second kappa shape index (κ2) is 5.48. The number of carboxylic acids is 1. The summed E-state index contributed by atoms with van der Waals surface area (Å²) in [5.74, 6) is -1.99. The van der Waals surface area contributed by atoms with Crippen LogP contribution in [0.25, 0.3) is 0 Å². The molecule has 0 aromatic carbocycles. The first-order valence-electron chi connectivity index (χ1n) is 6.48. The van der Waals surface area contributed by atoms with Gasteiger partial charge in [0.05, 0.1) is 12.3 Å². The molecule has 2 heterocycles. The van der Waals surface area contributed by atoms with Gasteiger partial charge in [0.2, 0.25) is 5.91 Å². The molecule has 0 radical (unpaired) electrons. The van der Waals surface area contributed by atoms with Crippen LogP contribution in [-0.2, 0) is 14.4 Å². The monoisotopic (exact) mass is 283 g/mol. The van der Waals surface area contributed by atoms with Crippen LogP contribution in [-0.4, -0.2) is 64.9 Å². The summed E-state index contributed by atoms with van der Waals surface area (Å²) in [5.41, 5.74) is 0. The molecule has 2 rings (SSSR count). The van der Waals surface area contributed by atoms with Crippen molar-refractivity contribution in [2.75, 3.05) is 20.1 Å². The van der Waals surface area contributed by atoms with E-state index in [4.69, 9.17) is 5.11 Å². The minimum Gasteiger partial charge on any atom is -0.481 e. The van der Waals surface area contributed by atoms with Crippen molar-refractivity contribution < 1.29 is 24.3 Å². The van der Waals surface area contributed by atoms with Crippen molar-refractivity contribution in [3.8, 4) is 0 Å². The van der Waals surface area contributed by atoms with Crippen LogP contribution in [0.5, 0.6) is 0 Å². The van der Waals surface area contributed by atoms with Gasteiger partial charge in [-0.3, -0.25) is 19.3 Å². The number of amides is 4. The molecule has 2 N–H and O–H groups in total. The molecular formula is C12H17N3O5. The van der Waals surface area contributed by atoms with E-state index in [-0.39, 0.29) is 12.3 Å². The molecule has 0 aromatic heterocycles. The maximum Gasteiger partial charge on any atom is 0.318 e. The highest BCUT2D eigenvalue weighted by atomic mass is 16.4. The summed E-state index contributed by atoms with van der Waals surface area (Å²) in [5, 5.41) is 11.4. The number of nitrogens with zero attached hydrogens (tertiary/aromatic N) is 2. The highest BCUT2D eigenvalue weighted by Gasteiger charge is 2.38. The lowest BCUT2D eigenvalue weighted by Crippen LogP contribution is -2.50. The maximum atomic E-state index is 12.0. The number of hydrogen-bond donors (Lipinski definition) is 2. The lowest BCUT2D eigenvalue weighted by molar-refractivity contribution is -0.143. The number of hydrogen-bond acceptors (Lipinski definition) is 4. The number of nitrogens with one attached hydrogen (secondary N) is 1. The van der Waals surface area contributed by atoms with Crippen molar-refractivity contribution in [3.05, 3.63) is 0 Å². The van der Waals surface area contributed by atoms with Crippen molar-refractivity contribution >= 4 is 23.8 Å². The molecular weight excluding hydrogens is 266 g/mol. The van der Waals surface area contributed by atoms with E-state index in [1.165, 1.54) is 11.9 Å². The van der Waals surface area contributed by atoms with Crippen molar-refractivity contribution in [1.29, 1.82) is 0 Å². The van der Waals surface area contributed by atoms with Crippen LogP contribution in [0.2, 0.25) is 0 Å². The first-order valence-corrected chi connectivity index (χ1v) is 6.48. The molecule has 2 fully saturated rings. The smallest absolute Gasteiger partial charge is 0.318 e. The predicted molar refractivity (Wildman–Crippen MR) is 66.6 cm³/mol. The van der Waals surface area contributed by atoms with E-state index < -0.39 is 29.9 Å². The van der Waals surface area contributed by atoms with Gasteiger partial charge in [-0.05, 0) is 12.8 Å². The fourth-order valence-electron chi connectivity index (χ4n) is 2.44. The zero-order valence-electron chi connectivity index (χ0n) is 11.2. The Kier molecular flexibility index (Phi) is 3.91. The van der Waals surface area contributed by atoms with E-state index in [1.54, 1.807) is 0 Å². The molecule has 1 unspecified atom stereocenters. The largest absolute Gasteiger partial charge is 0.481 e. The van der Waals surface area contributed by atoms with Gasteiger partial charge in [0.15, 0.2) is 0 Å². The molecule has 20 heavy (non-hydrogen) atoms. The van der Waals surface area contributed by atoms with Gasteiger partial charge in [0.1, 0.15) is 6.04 Å². The third kappa shape index (κ3) is 2.73. The van der Waals surface area contributed by atoms with Gasteiger partial charge in [-0.25, -0.2) is 4.79 Å². The number of piperidine rings is 1. The maximum absolute atomic E-state index is 12.0. The fraction of sp³-hybridized carbons (Fsp3) is 0.667. The molecule has 0 aliphatic carbocycles. The van der Waals surface area contributed by atoms with Gasteiger partial charge in [0, 0.05) is 20.1 Å². The summed E-state index contributed by atoms with van der Waals surface area (Å²) < 4.78 is 0. The minimum atomic E-state index is -0.844. The van der Waals surface area contributed by atoms with E-state index >= 15 is 0 Å². The quantitative estimate of drug-likeness (QED) is 0.648. The average molecular weight is 283 g/mol. The van der Waals surface area contributed by atoms with E-state index in [0.717, 1.165) is 4.90 Å². The van der Waals surface area contributed by atoms with Crippen molar-refractivity contribution in [2.24, 2.45) is 5.92 Å². The fourth-order valence-corrected chi connectivity index (χ4v) is 2.44. The zero-order valence-corrected chi connectivity index (χ0v) is 11.2. The second-order valence-electron chi connectivity index (χ2n) is 5.10. The van der Waals surface area contributed by atoms with Gasteiger partial charge in [-0.1, -0.05) is 0 Å². The molecule has 0 bridgehead atoms. The van der Waals surface area contributed by atoms with Gasteiger partial charge >= 0.3 is 12.0 Å². The Balaban J connectivity index is 1.86. The molecule has 2 aliphatic heterocycles. The standard InChI is InChI=1S/C12H17N3O5/c1-14-9(16)6-8(10(14)17)13-12(20)15-4-2-7(3-5-15)11(18)19/h7-8H,2-6H2,1H3,(H,13,20)(H,18,19). The van der Waals surface area contributed by atoms with Crippen LogP contribution in [0.3, 0.4) is 0 Å². The van der Waals surface area contributed by atoms with E-state index in [2.05, 4.69) is 5.32 Å². The molecule has 0 spiro atoms. The number of likely N-dealkylation sites (tertiary alicyclic amines) is 2. The topological polar surface area (TPSA) is 107 Å². The van der Waals surface area contributed by atoms with Crippen LogP contribution in [0.1, 0.15) is 19.3 Å². The number of carbonyl (C=O) groups is 4. The Morgan fingerprint density at radius 3 is 2.30 bits per heavy atom. The van der Waals surface area contributed by atoms with E-state index in [0.29, 0.717) is 25.9 Å². The normalized spacial score (nSPS) is 24.1. The van der Waals surface area contributed by atoms with Crippen LogP contribution in [0.4, 0.5) is 4.79 Å². The molecule has 2 saturated heterocycles. The van der Waals surface area contributed by atoms with E-state index in [9.17, 15) is 19.2 Å². The van der Waals surface area contributed by atoms with Crippen molar-refractivity contribution in [2.45, 2.75) is 25.3 Å². The number of likely N-dealkylation sites (N-methyl/N-ethyl adjacent to an activating group) is 1. The number of rotatable bonds is 2. The van der Waals surface area contributed by atoms with Crippen LogP contribution in [0, 0.1) is 5.92 Å². The molecule has 2 aliphatic rings. The highest BCUT2D eigenvalue weighted by Crippen LogP contribution is 2.18. The molecule has 0 aromatic rings. The lowest BCUT2D eigenvalue weighted by Gasteiger charge is -2.30. The van der Waals surface area contributed by atoms with E-state index in [1.807, 2.05) is 0 Å². The molecule has 110 valence electrons. The number of carbonyl (C=O) groups excluding carboxylic acids is 3.